The van der Waals surface area contributed by atoms with Gasteiger partial charge in [0.05, 0.1) is 18.3 Å². The Labute approximate surface area is 164 Å². The van der Waals surface area contributed by atoms with Crippen molar-refractivity contribution in [3.8, 4) is 16.9 Å². The van der Waals surface area contributed by atoms with Crippen LogP contribution in [0.5, 0.6) is 5.75 Å². The van der Waals surface area contributed by atoms with Gasteiger partial charge in [0, 0.05) is 24.8 Å². The number of carbonyl (C=O) groups is 1. The second kappa shape index (κ2) is 7.17. The van der Waals surface area contributed by atoms with E-state index in [4.69, 9.17) is 4.74 Å². The van der Waals surface area contributed by atoms with E-state index in [2.05, 4.69) is 10.3 Å². The van der Waals surface area contributed by atoms with E-state index in [-0.39, 0.29) is 17.8 Å². The number of aromatic nitrogens is 1. The number of hydrogen-bond acceptors (Lipinski definition) is 4. The Hall–Kier alpha value is -2.47. The third-order valence-corrected chi connectivity index (χ3v) is 5.83. The van der Waals surface area contributed by atoms with E-state index in [1.165, 1.54) is 6.07 Å². The molecule has 2 fully saturated rings. The van der Waals surface area contributed by atoms with E-state index >= 15 is 0 Å². The van der Waals surface area contributed by atoms with Crippen molar-refractivity contribution in [3.05, 3.63) is 47.5 Å². The molecule has 4 rings (SSSR count). The number of amides is 1. The molecular weight excluding hydrogens is 357 g/mol. The summed E-state index contributed by atoms with van der Waals surface area (Å²) >= 11 is 0. The summed E-state index contributed by atoms with van der Waals surface area (Å²) in [5.41, 5.74) is 2.49. The first-order valence-corrected chi connectivity index (χ1v) is 9.86. The highest BCUT2D eigenvalue weighted by Gasteiger charge is 2.50. The number of nitrogens with one attached hydrogen (secondary N) is 1. The van der Waals surface area contributed by atoms with E-state index in [0.717, 1.165) is 42.8 Å². The molecule has 1 aromatic heterocycles. The van der Waals surface area contributed by atoms with Crippen LogP contribution in [0.3, 0.4) is 0 Å². The van der Waals surface area contributed by atoms with Crippen molar-refractivity contribution in [1.29, 1.82) is 0 Å². The molecule has 28 heavy (non-hydrogen) atoms. The Morgan fingerprint density at radius 2 is 2.14 bits per heavy atom. The highest BCUT2D eigenvalue weighted by Crippen LogP contribution is 2.39. The van der Waals surface area contributed by atoms with Gasteiger partial charge in [0.25, 0.3) is 0 Å². The number of aryl methyl sites for hydroxylation is 1. The van der Waals surface area contributed by atoms with Crippen LogP contribution in [0.25, 0.3) is 11.1 Å². The average molecular weight is 383 g/mol. The number of halogens is 1. The standard InChI is InChI=1S/C22H26FN3O2/c1-4-28-16-5-6-18(23)17(13-16)15-11-14(2)24-20(12-15)19-7-8-22(25-19)9-10-26(3)21(22)27/h5-6,11-13,19,25H,4,7-10H2,1-3H3/t19-,22-/m0/s1. The molecule has 2 aliphatic heterocycles. The summed E-state index contributed by atoms with van der Waals surface area (Å²) < 4.78 is 20.1. The average Bonchev–Trinajstić information content (AvgIpc) is 3.23. The fourth-order valence-electron chi connectivity index (χ4n) is 4.40. The highest BCUT2D eigenvalue weighted by atomic mass is 19.1. The maximum absolute atomic E-state index is 14.5. The van der Waals surface area contributed by atoms with Crippen molar-refractivity contribution >= 4 is 5.91 Å². The molecule has 1 amide bonds. The zero-order valence-corrected chi connectivity index (χ0v) is 16.6. The van der Waals surface area contributed by atoms with Crippen molar-refractivity contribution in [1.82, 2.24) is 15.2 Å². The third-order valence-electron chi connectivity index (χ3n) is 5.83. The van der Waals surface area contributed by atoms with Crippen LogP contribution in [0.4, 0.5) is 4.39 Å². The van der Waals surface area contributed by atoms with Crippen molar-refractivity contribution in [2.24, 2.45) is 0 Å². The number of ether oxygens (including phenoxy) is 1. The Balaban J connectivity index is 1.66. The maximum atomic E-state index is 14.5. The summed E-state index contributed by atoms with van der Waals surface area (Å²) in [7, 11) is 1.85. The van der Waals surface area contributed by atoms with Gasteiger partial charge < -0.3 is 9.64 Å². The number of nitrogens with zero attached hydrogens (tertiary/aromatic N) is 2. The van der Waals surface area contributed by atoms with Crippen molar-refractivity contribution < 1.29 is 13.9 Å². The molecule has 2 atom stereocenters. The fraction of sp³-hybridized carbons (Fsp3) is 0.455. The molecule has 0 aliphatic carbocycles. The summed E-state index contributed by atoms with van der Waals surface area (Å²) in [6, 6.07) is 8.62. The number of pyridine rings is 1. The van der Waals surface area contributed by atoms with Gasteiger partial charge in [-0.2, -0.15) is 0 Å². The first-order chi connectivity index (χ1) is 13.4. The number of rotatable bonds is 4. The second-order valence-electron chi connectivity index (χ2n) is 7.79. The predicted octanol–water partition coefficient (Wildman–Crippen LogP) is 3.62. The molecule has 2 aromatic rings. The molecule has 0 bridgehead atoms. The quantitative estimate of drug-likeness (QED) is 0.876. The lowest BCUT2D eigenvalue weighted by atomic mass is 9.96. The number of benzene rings is 1. The maximum Gasteiger partial charge on any atom is 0.242 e. The van der Waals surface area contributed by atoms with Crippen LogP contribution in [0.2, 0.25) is 0 Å². The van der Waals surface area contributed by atoms with E-state index in [1.54, 1.807) is 17.0 Å². The van der Waals surface area contributed by atoms with Gasteiger partial charge in [-0.25, -0.2) is 4.39 Å². The Bertz CT molecular complexity index is 917. The SMILES string of the molecule is CCOc1ccc(F)c(-c2cc(C)nc([C@@H]3CC[C@@]4(CCN(C)C4=O)N3)c2)c1. The van der Waals surface area contributed by atoms with Crippen LogP contribution < -0.4 is 10.1 Å². The lowest BCUT2D eigenvalue weighted by molar-refractivity contribution is -0.131. The van der Waals surface area contributed by atoms with Crippen LogP contribution in [0, 0.1) is 12.7 Å². The van der Waals surface area contributed by atoms with Crippen molar-refractivity contribution in [2.45, 2.75) is 44.7 Å². The van der Waals surface area contributed by atoms with Gasteiger partial charge >= 0.3 is 0 Å². The zero-order valence-electron chi connectivity index (χ0n) is 16.6. The van der Waals surface area contributed by atoms with Gasteiger partial charge in [0.1, 0.15) is 17.1 Å². The number of hydrogen-bond donors (Lipinski definition) is 1. The Morgan fingerprint density at radius 1 is 1.32 bits per heavy atom. The van der Waals surface area contributed by atoms with Crippen molar-refractivity contribution in [3.63, 3.8) is 0 Å². The lowest BCUT2D eigenvalue weighted by Crippen LogP contribution is -2.47. The highest BCUT2D eigenvalue weighted by molar-refractivity contribution is 5.88. The fourth-order valence-corrected chi connectivity index (χ4v) is 4.40. The van der Waals surface area contributed by atoms with E-state index in [9.17, 15) is 9.18 Å². The van der Waals surface area contributed by atoms with Gasteiger partial charge in [0.15, 0.2) is 0 Å². The molecule has 3 heterocycles. The smallest absolute Gasteiger partial charge is 0.242 e. The molecule has 5 nitrogen and oxygen atoms in total. The predicted molar refractivity (Wildman–Crippen MR) is 106 cm³/mol. The minimum Gasteiger partial charge on any atom is -0.494 e. The van der Waals surface area contributed by atoms with Crippen LogP contribution in [-0.4, -0.2) is 41.5 Å². The molecule has 1 N–H and O–H groups in total. The van der Waals surface area contributed by atoms with Gasteiger partial charge in [-0.05, 0) is 69.0 Å². The van der Waals surface area contributed by atoms with Crippen molar-refractivity contribution in [2.75, 3.05) is 20.2 Å². The van der Waals surface area contributed by atoms with Crippen LogP contribution in [-0.2, 0) is 4.79 Å². The Kier molecular flexibility index (Phi) is 4.83. The number of carbonyl (C=O) groups excluding carboxylic acids is 1. The Morgan fingerprint density at radius 3 is 2.86 bits per heavy atom. The minimum atomic E-state index is -0.467. The zero-order chi connectivity index (χ0) is 19.9. The monoisotopic (exact) mass is 383 g/mol. The normalized spacial score (nSPS) is 24.4. The molecule has 6 heteroatoms. The molecule has 148 valence electrons. The van der Waals surface area contributed by atoms with E-state index in [1.807, 2.05) is 33.0 Å². The third kappa shape index (κ3) is 3.26. The topological polar surface area (TPSA) is 54.5 Å². The van der Waals surface area contributed by atoms with E-state index < -0.39 is 5.54 Å². The molecule has 2 aliphatic rings. The molecule has 0 unspecified atom stereocenters. The van der Waals surface area contributed by atoms with Crippen LogP contribution >= 0.6 is 0 Å². The first-order valence-electron chi connectivity index (χ1n) is 9.86. The summed E-state index contributed by atoms with van der Waals surface area (Å²) in [4.78, 5) is 19.1. The largest absolute Gasteiger partial charge is 0.494 e. The van der Waals surface area contributed by atoms with Gasteiger partial charge in [-0.15, -0.1) is 0 Å². The molecule has 0 saturated carbocycles. The molecular formula is C22H26FN3O2. The minimum absolute atomic E-state index is 0.00719. The molecule has 0 radical (unpaired) electrons. The summed E-state index contributed by atoms with van der Waals surface area (Å²) in [6.45, 7) is 5.13. The van der Waals surface area contributed by atoms with Gasteiger partial charge in [0.2, 0.25) is 5.91 Å². The van der Waals surface area contributed by atoms with Gasteiger partial charge in [-0.3, -0.25) is 15.1 Å². The summed E-state index contributed by atoms with van der Waals surface area (Å²) in [6.07, 6.45) is 2.47. The number of likely N-dealkylation sites (N-methyl/N-ethyl adjacent to an activating group) is 1. The lowest BCUT2D eigenvalue weighted by Gasteiger charge is -2.23. The number of likely N-dealkylation sites (tertiary alicyclic amines) is 1. The molecule has 1 aromatic carbocycles. The summed E-state index contributed by atoms with van der Waals surface area (Å²) in [5, 5.41) is 3.54. The van der Waals surface area contributed by atoms with E-state index in [0.29, 0.717) is 17.9 Å². The second-order valence-corrected chi connectivity index (χ2v) is 7.79. The molecule has 2 saturated heterocycles. The van der Waals surface area contributed by atoms with Crippen LogP contribution in [0.15, 0.2) is 30.3 Å². The summed E-state index contributed by atoms with van der Waals surface area (Å²) in [5.74, 6) is 0.522. The van der Waals surface area contributed by atoms with Crippen LogP contribution in [0.1, 0.15) is 43.6 Å². The first kappa shape index (κ1) is 18.9. The molecule has 1 spiro atoms. The van der Waals surface area contributed by atoms with Gasteiger partial charge in [-0.1, -0.05) is 0 Å².